The summed E-state index contributed by atoms with van der Waals surface area (Å²) in [7, 11) is 0. The van der Waals surface area contributed by atoms with Crippen molar-refractivity contribution in [1.29, 1.82) is 0 Å². The lowest BCUT2D eigenvalue weighted by molar-refractivity contribution is -0.385. The summed E-state index contributed by atoms with van der Waals surface area (Å²) in [5.74, 6) is -1.48. The van der Waals surface area contributed by atoms with Crippen LogP contribution in [0.2, 0.25) is 0 Å². The fourth-order valence-electron chi connectivity index (χ4n) is 1.31. The van der Waals surface area contributed by atoms with Gasteiger partial charge in [0.25, 0.3) is 5.69 Å². The number of carboxylic acid groups (broad SMARTS) is 1. The molecule has 0 atom stereocenters. The first kappa shape index (κ1) is 13.8. The smallest absolute Gasteiger partial charge is 0.387 e. The van der Waals surface area contributed by atoms with Crippen molar-refractivity contribution >= 4 is 11.7 Å². The predicted molar refractivity (Wildman–Crippen MR) is 55.7 cm³/mol. The molecule has 0 radical (unpaired) electrons. The zero-order valence-electron chi connectivity index (χ0n) is 9.01. The van der Waals surface area contributed by atoms with Crippen LogP contribution in [0.4, 0.5) is 14.5 Å². The molecule has 1 N–H and O–H groups in total. The summed E-state index contributed by atoms with van der Waals surface area (Å²) < 4.78 is 28.4. The summed E-state index contributed by atoms with van der Waals surface area (Å²) in [6.07, 6.45) is -0.327. The molecule has 0 bridgehead atoms. The second-order valence-electron chi connectivity index (χ2n) is 3.32. The number of carbonyl (C=O) groups is 1. The Bertz CT molecular complexity index is 464. The minimum atomic E-state index is -3.13. The molecule has 0 saturated carbocycles. The Kier molecular flexibility index (Phi) is 4.52. The summed E-state index contributed by atoms with van der Waals surface area (Å²) >= 11 is 0. The first-order valence-electron chi connectivity index (χ1n) is 4.84. The van der Waals surface area contributed by atoms with E-state index in [2.05, 4.69) is 4.74 Å². The molecule has 98 valence electrons. The van der Waals surface area contributed by atoms with E-state index < -0.39 is 23.2 Å². The van der Waals surface area contributed by atoms with Crippen LogP contribution in [0.1, 0.15) is 12.0 Å². The van der Waals surface area contributed by atoms with E-state index >= 15 is 0 Å². The Morgan fingerprint density at radius 1 is 1.50 bits per heavy atom. The molecule has 1 aromatic rings. The van der Waals surface area contributed by atoms with Gasteiger partial charge >= 0.3 is 12.6 Å². The minimum absolute atomic E-state index is 0.0462. The molecule has 0 aliphatic carbocycles. The number of nitro groups is 1. The second kappa shape index (κ2) is 5.89. The lowest BCUT2D eigenvalue weighted by Gasteiger charge is -2.09. The number of aryl methyl sites for hydroxylation is 1. The number of nitro benzene ring substituents is 1. The SMILES string of the molecule is O=C(O)CCc1ccc([N+](=O)[O-])cc1OC(F)F. The normalized spacial score (nSPS) is 10.4. The highest BCUT2D eigenvalue weighted by atomic mass is 19.3. The molecule has 0 saturated heterocycles. The van der Waals surface area contributed by atoms with Crippen LogP contribution in [-0.4, -0.2) is 22.6 Å². The predicted octanol–water partition coefficient (Wildman–Crippen LogP) is 2.21. The molecule has 0 unspecified atom stereocenters. The summed E-state index contributed by atoms with van der Waals surface area (Å²) in [4.78, 5) is 20.1. The summed E-state index contributed by atoms with van der Waals surface area (Å²) in [5.41, 5.74) is -0.215. The maximum Gasteiger partial charge on any atom is 0.387 e. The van der Waals surface area contributed by atoms with Crippen LogP contribution in [0, 0.1) is 10.1 Å². The molecule has 0 heterocycles. The summed E-state index contributed by atoms with van der Waals surface area (Å²) in [5, 5.41) is 19.0. The number of rotatable bonds is 6. The van der Waals surface area contributed by atoms with E-state index in [9.17, 15) is 23.7 Å². The van der Waals surface area contributed by atoms with Gasteiger partial charge in [0.05, 0.1) is 11.0 Å². The van der Waals surface area contributed by atoms with E-state index in [-0.39, 0.29) is 24.2 Å². The Labute approximate surface area is 99.9 Å². The van der Waals surface area contributed by atoms with Gasteiger partial charge in [0.1, 0.15) is 5.75 Å². The third-order valence-electron chi connectivity index (χ3n) is 2.09. The van der Waals surface area contributed by atoms with E-state index in [1.165, 1.54) is 6.07 Å². The largest absolute Gasteiger partial charge is 0.481 e. The van der Waals surface area contributed by atoms with Crippen molar-refractivity contribution in [1.82, 2.24) is 0 Å². The van der Waals surface area contributed by atoms with Gasteiger partial charge in [-0.1, -0.05) is 0 Å². The average Bonchev–Trinajstić information content (AvgIpc) is 2.26. The van der Waals surface area contributed by atoms with Crippen molar-refractivity contribution in [2.24, 2.45) is 0 Å². The van der Waals surface area contributed by atoms with Gasteiger partial charge in [0, 0.05) is 12.5 Å². The van der Waals surface area contributed by atoms with E-state index in [4.69, 9.17) is 5.11 Å². The fraction of sp³-hybridized carbons (Fsp3) is 0.300. The maximum absolute atomic E-state index is 12.1. The molecule has 0 spiro atoms. The van der Waals surface area contributed by atoms with Crippen LogP contribution < -0.4 is 4.74 Å². The highest BCUT2D eigenvalue weighted by molar-refractivity contribution is 5.67. The standard InChI is InChI=1S/C10H9F2NO5/c11-10(12)18-8-5-7(13(16)17)3-1-6(8)2-4-9(14)15/h1,3,5,10H,2,4H2,(H,14,15). The minimum Gasteiger partial charge on any atom is -0.481 e. The molecule has 6 nitrogen and oxygen atoms in total. The van der Waals surface area contributed by atoms with E-state index in [1.54, 1.807) is 0 Å². The van der Waals surface area contributed by atoms with Gasteiger partial charge in [-0.3, -0.25) is 14.9 Å². The number of ether oxygens (including phenoxy) is 1. The van der Waals surface area contributed by atoms with Gasteiger partial charge in [0.2, 0.25) is 0 Å². The van der Waals surface area contributed by atoms with Crippen molar-refractivity contribution < 1.29 is 28.3 Å². The molecule has 8 heteroatoms. The van der Waals surface area contributed by atoms with Crippen LogP contribution >= 0.6 is 0 Å². The zero-order chi connectivity index (χ0) is 13.7. The average molecular weight is 261 g/mol. The Hall–Kier alpha value is -2.25. The van der Waals surface area contributed by atoms with Crippen LogP contribution in [0.25, 0.3) is 0 Å². The quantitative estimate of drug-likeness (QED) is 0.626. The van der Waals surface area contributed by atoms with Crippen molar-refractivity contribution in [3.8, 4) is 5.75 Å². The Morgan fingerprint density at radius 3 is 2.67 bits per heavy atom. The van der Waals surface area contributed by atoms with Gasteiger partial charge < -0.3 is 9.84 Å². The first-order valence-corrected chi connectivity index (χ1v) is 4.84. The maximum atomic E-state index is 12.1. The molecular weight excluding hydrogens is 252 g/mol. The Morgan fingerprint density at radius 2 is 2.17 bits per heavy atom. The summed E-state index contributed by atoms with van der Waals surface area (Å²) in [6, 6.07) is 3.16. The van der Waals surface area contributed by atoms with Gasteiger partial charge in [-0.05, 0) is 18.1 Å². The monoisotopic (exact) mass is 261 g/mol. The first-order chi connectivity index (χ1) is 8.40. The Balaban J connectivity index is 3.00. The lowest BCUT2D eigenvalue weighted by Crippen LogP contribution is -2.06. The topological polar surface area (TPSA) is 89.7 Å². The van der Waals surface area contributed by atoms with Crippen molar-refractivity contribution in [3.05, 3.63) is 33.9 Å². The molecular formula is C10H9F2NO5. The molecule has 0 amide bonds. The number of non-ortho nitro benzene ring substituents is 1. The van der Waals surface area contributed by atoms with E-state index in [0.29, 0.717) is 0 Å². The van der Waals surface area contributed by atoms with Crippen LogP contribution in [0.3, 0.4) is 0 Å². The van der Waals surface area contributed by atoms with Gasteiger partial charge in [-0.2, -0.15) is 8.78 Å². The van der Waals surface area contributed by atoms with Crippen molar-refractivity contribution in [3.63, 3.8) is 0 Å². The third-order valence-corrected chi connectivity index (χ3v) is 2.09. The summed E-state index contributed by atoms with van der Waals surface area (Å²) in [6.45, 7) is -3.13. The van der Waals surface area contributed by atoms with E-state index in [1.807, 2.05) is 0 Å². The van der Waals surface area contributed by atoms with Gasteiger partial charge in [-0.15, -0.1) is 0 Å². The third kappa shape index (κ3) is 3.96. The number of benzene rings is 1. The second-order valence-corrected chi connectivity index (χ2v) is 3.32. The zero-order valence-corrected chi connectivity index (χ0v) is 9.01. The molecule has 18 heavy (non-hydrogen) atoms. The number of nitrogens with zero attached hydrogens (tertiary/aromatic N) is 1. The van der Waals surface area contributed by atoms with Crippen LogP contribution in [0.5, 0.6) is 5.75 Å². The number of halogens is 2. The highest BCUT2D eigenvalue weighted by Gasteiger charge is 2.15. The lowest BCUT2D eigenvalue weighted by atomic mass is 10.1. The van der Waals surface area contributed by atoms with E-state index in [0.717, 1.165) is 12.1 Å². The molecule has 1 rings (SSSR count). The van der Waals surface area contributed by atoms with Crippen molar-refractivity contribution in [2.75, 3.05) is 0 Å². The van der Waals surface area contributed by atoms with Gasteiger partial charge in [0.15, 0.2) is 0 Å². The molecule has 0 aliphatic rings. The number of carboxylic acids is 1. The number of aliphatic carboxylic acids is 1. The molecule has 1 aromatic carbocycles. The number of hydrogen-bond donors (Lipinski definition) is 1. The highest BCUT2D eigenvalue weighted by Crippen LogP contribution is 2.27. The molecule has 0 fully saturated rings. The molecule has 0 aromatic heterocycles. The van der Waals surface area contributed by atoms with Gasteiger partial charge in [-0.25, -0.2) is 0 Å². The number of alkyl halides is 2. The fourth-order valence-corrected chi connectivity index (χ4v) is 1.31. The van der Waals surface area contributed by atoms with Crippen molar-refractivity contribution in [2.45, 2.75) is 19.5 Å². The number of hydrogen-bond acceptors (Lipinski definition) is 4. The molecule has 0 aliphatic heterocycles. The van der Waals surface area contributed by atoms with Crippen LogP contribution in [0.15, 0.2) is 18.2 Å². The van der Waals surface area contributed by atoms with Crippen LogP contribution in [-0.2, 0) is 11.2 Å².